The van der Waals surface area contributed by atoms with Gasteiger partial charge in [-0.15, -0.1) is 12.4 Å². The van der Waals surface area contributed by atoms with Gasteiger partial charge in [-0.1, -0.05) is 6.07 Å². The lowest BCUT2D eigenvalue weighted by molar-refractivity contribution is -0.145. The fourth-order valence-corrected chi connectivity index (χ4v) is 2.60. The SMILES string of the molecule is CCOC(=O)C(Cc1ccccn1)NCC1CCNCC1.Cl. The van der Waals surface area contributed by atoms with Gasteiger partial charge in [-0.25, -0.2) is 0 Å². The lowest BCUT2D eigenvalue weighted by Crippen LogP contribution is -2.44. The van der Waals surface area contributed by atoms with E-state index in [0.29, 0.717) is 18.9 Å². The molecule has 0 aliphatic carbocycles. The summed E-state index contributed by atoms with van der Waals surface area (Å²) in [5, 5.41) is 6.74. The van der Waals surface area contributed by atoms with Gasteiger partial charge >= 0.3 is 5.97 Å². The molecule has 1 fully saturated rings. The Morgan fingerprint density at radius 2 is 2.23 bits per heavy atom. The van der Waals surface area contributed by atoms with E-state index in [1.54, 1.807) is 6.20 Å². The number of hydrogen-bond donors (Lipinski definition) is 2. The maximum absolute atomic E-state index is 12.1. The number of aromatic nitrogens is 1. The first-order valence-corrected chi connectivity index (χ1v) is 7.80. The van der Waals surface area contributed by atoms with Crippen molar-refractivity contribution in [1.82, 2.24) is 15.6 Å². The Labute approximate surface area is 138 Å². The molecular weight excluding hydrogens is 302 g/mol. The molecule has 1 atom stereocenters. The van der Waals surface area contributed by atoms with Gasteiger partial charge in [0.1, 0.15) is 6.04 Å². The minimum absolute atomic E-state index is 0. The molecule has 1 aromatic heterocycles. The summed E-state index contributed by atoms with van der Waals surface area (Å²) < 4.78 is 5.17. The van der Waals surface area contributed by atoms with E-state index >= 15 is 0 Å². The number of hydrogen-bond acceptors (Lipinski definition) is 5. The number of ether oxygens (including phenoxy) is 1. The minimum Gasteiger partial charge on any atom is -0.465 e. The molecule has 2 N–H and O–H groups in total. The molecule has 2 rings (SSSR count). The van der Waals surface area contributed by atoms with Crippen LogP contribution in [0.4, 0.5) is 0 Å². The summed E-state index contributed by atoms with van der Waals surface area (Å²) in [5.41, 5.74) is 0.911. The minimum atomic E-state index is -0.310. The van der Waals surface area contributed by atoms with Crippen molar-refractivity contribution in [3.63, 3.8) is 0 Å². The molecule has 0 aromatic carbocycles. The summed E-state index contributed by atoms with van der Waals surface area (Å²) in [7, 11) is 0. The fourth-order valence-electron chi connectivity index (χ4n) is 2.60. The molecule has 0 bridgehead atoms. The van der Waals surface area contributed by atoms with E-state index in [1.165, 1.54) is 0 Å². The maximum Gasteiger partial charge on any atom is 0.323 e. The second-order valence-electron chi connectivity index (χ2n) is 5.43. The Morgan fingerprint density at radius 1 is 1.45 bits per heavy atom. The fraction of sp³-hybridized carbons (Fsp3) is 0.625. The van der Waals surface area contributed by atoms with E-state index in [0.717, 1.165) is 38.2 Å². The zero-order chi connectivity index (χ0) is 14.9. The highest BCUT2D eigenvalue weighted by Crippen LogP contribution is 2.11. The molecule has 0 amide bonds. The number of piperidine rings is 1. The lowest BCUT2D eigenvalue weighted by Gasteiger charge is -2.25. The number of esters is 1. The second kappa shape index (κ2) is 10.5. The number of halogens is 1. The molecule has 1 aliphatic rings. The van der Waals surface area contributed by atoms with Gasteiger partial charge in [0, 0.05) is 18.3 Å². The first kappa shape index (κ1) is 18.9. The summed E-state index contributed by atoms with van der Waals surface area (Å²) >= 11 is 0. The number of carbonyl (C=O) groups is 1. The molecule has 6 heteroatoms. The van der Waals surface area contributed by atoms with E-state index in [4.69, 9.17) is 4.74 Å². The second-order valence-corrected chi connectivity index (χ2v) is 5.43. The molecule has 0 radical (unpaired) electrons. The third-order valence-electron chi connectivity index (χ3n) is 3.82. The molecule has 124 valence electrons. The van der Waals surface area contributed by atoms with Crippen LogP contribution in [0.25, 0.3) is 0 Å². The first-order valence-electron chi connectivity index (χ1n) is 7.80. The van der Waals surface area contributed by atoms with Crippen LogP contribution >= 0.6 is 12.4 Å². The van der Waals surface area contributed by atoms with Crippen molar-refractivity contribution in [1.29, 1.82) is 0 Å². The number of rotatable bonds is 7. The average molecular weight is 328 g/mol. The summed E-state index contributed by atoms with van der Waals surface area (Å²) in [4.78, 5) is 16.4. The van der Waals surface area contributed by atoms with E-state index in [2.05, 4.69) is 15.6 Å². The van der Waals surface area contributed by atoms with E-state index in [-0.39, 0.29) is 24.4 Å². The van der Waals surface area contributed by atoms with Gasteiger partial charge in [-0.2, -0.15) is 0 Å². The van der Waals surface area contributed by atoms with Crippen molar-refractivity contribution in [2.45, 2.75) is 32.2 Å². The van der Waals surface area contributed by atoms with E-state index < -0.39 is 0 Å². The van der Waals surface area contributed by atoms with Crippen LogP contribution in [0.5, 0.6) is 0 Å². The van der Waals surface area contributed by atoms with Gasteiger partial charge in [0.25, 0.3) is 0 Å². The van der Waals surface area contributed by atoms with Crippen molar-refractivity contribution in [3.05, 3.63) is 30.1 Å². The quantitative estimate of drug-likeness (QED) is 0.744. The average Bonchev–Trinajstić information content (AvgIpc) is 2.53. The Bertz CT molecular complexity index is 425. The van der Waals surface area contributed by atoms with Crippen LogP contribution in [0, 0.1) is 5.92 Å². The topological polar surface area (TPSA) is 63.2 Å². The summed E-state index contributed by atoms with van der Waals surface area (Å²) in [5.74, 6) is 0.448. The van der Waals surface area contributed by atoms with Gasteiger partial charge in [-0.05, 0) is 57.5 Å². The largest absolute Gasteiger partial charge is 0.465 e. The Kier molecular flexibility index (Phi) is 9.04. The Hall–Kier alpha value is -1.17. The highest BCUT2D eigenvalue weighted by atomic mass is 35.5. The molecule has 5 nitrogen and oxygen atoms in total. The highest BCUT2D eigenvalue weighted by Gasteiger charge is 2.22. The lowest BCUT2D eigenvalue weighted by atomic mass is 9.97. The monoisotopic (exact) mass is 327 g/mol. The third kappa shape index (κ3) is 6.30. The van der Waals surface area contributed by atoms with Crippen LogP contribution in [0.1, 0.15) is 25.5 Å². The zero-order valence-corrected chi connectivity index (χ0v) is 13.9. The third-order valence-corrected chi connectivity index (χ3v) is 3.82. The van der Waals surface area contributed by atoms with Crippen molar-refractivity contribution < 1.29 is 9.53 Å². The number of nitrogens with one attached hydrogen (secondary N) is 2. The van der Waals surface area contributed by atoms with Crippen molar-refractivity contribution in [2.24, 2.45) is 5.92 Å². The maximum atomic E-state index is 12.1. The molecule has 1 saturated heterocycles. The van der Waals surface area contributed by atoms with Crippen LogP contribution in [0.2, 0.25) is 0 Å². The predicted octanol–water partition coefficient (Wildman–Crippen LogP) is 1.57. The van der Waals surface area contributed by atoms with Crippen molar-refractivity contribution in [2.75, 3.05) is 26.2 Å². The standard InChI is InChI=1S/C16H25N3O2.ClH/c1-2-21-16(20)15(11-14-5-3-4-8-18-14)19-12-13-6-9-17-10-7-13;/h3-5,8,13,15,17,19H,2,6-7,9-12H2,1H3;1H. The Morgan fingerprint density at radius 3 is 2.86 bits per heavy atom. The van der Waals surface area contributed by atoms with Gasteiger partial charge in [-0.3, -0.25) is 9.78 Å². The summed E-state index contributed by atoms with van der Waals surface area (Å²) in [6.45, 7) is 5.24. The first-order chi connectivity index (χ1) is 10.3. The van der Waals surface area contributed by atoms with Gasteiger partial charge < -0.3 is 15.4 Å². The smallest absolute Gasteiger partial charge is 0.323 e. The highest BCUT2D eigenvalue weighted by molar-refractivity contribution is 5.85. The van der Waals surface area contributed by atoms with Gasteiger partial charge in [0.05, 0.1) is 6.61 Å². The molecule has 1 unspecified atom stereocenters. The Balaban J connectivity index is 0.00000242. The molecule has 22 heavy (non-hydrogen) atoms. The zero-order valence-electron chi connectivity index (χ0n) is 13.1. The van der Waals surface area contributed by atoms with Crippen molar-refractivity contribution in [3.8, 4) is 0 Å². The van der Waals surface area contributed by atoms with E-state index in [9.17, 15) is 4.79 Å². The predicted molar refractivity (Wildman–Crippen MR) is 89.2 cm³/mol. The number of carbonyl (C=O) groups excluding carboxylic acids is 1. The molecule has 0 saturated carbocycles. The van der Waals surface area contributed by atoms with Crippen LogP contribution in [-0.4, -0.2) is 43.2 Å². The van der Waals surface area contributed by atoms with E-state index in [1.807, 2.05) is 25.1 Å². The molecule has 1 aromatic rings. The number of nitrogens with zero attached hydrogens (tertiary/aromatic N) is 1. The summed E-state index contributed by atoms with van der Waals surface area (Å²) in [6.07, 6.45) is 4.65. The number of pyridine rings is 1. The van der Waals surface area contributed by atoms with Gasteiger partial charge in [0.2, 0.25) is 0 Å². The van der Waals surface area contributed by atoms with Crippen LogP contribution in [0.3, 0.4) is 0 Å². The van der Waals surface area contributed by atoms with Gasteiger partial charge in [0.15, 0.2) is 0 Å². The normalized spacial score (nSPS) is 16.6. The van der Waals surface area contributed by atoms with Crippen LogP contribution in [-0.2, 0) is 16.0 Å². The van der Waals surface area contributed by atoms with Crippen molar-refractivity contribution >= 4 is 18.4 Å². The molecule has 1 aliphatic heterocycles. The summed E-state index contributed by atoms with van der Waals surface area (Å²) in [6, 6.07) is 5.45. The van der Waals surface area contributed by atoms with Crippen LogP contribution in [0.15, 0.2) is 24.4 Å². The molecule has 2 heterocycles. The molecule has 0 spiro atoms. The molecular formula is C16H26ClN3O2. The van der Waals surface area contributed by atoms with Crippen LogP contribution < -0.4 is 10.6 Å².